The second-order valence-electron chi connectivity index (χ2n) is 17.8. The highest BCUT2D eigenvalue weighted by Crippen LogP contribution is 2.41. The Morgan fingerprint density at radius 2 is 0.779 bits per heavy atom. The maximum atomic E-state index is 14.1. The topological polar surface area (TPSA) is 27.7 Å². The average molecular weight is 978 g/mol. The van der Waals surface area contributed by atoms with Crippen LogP contribution in [0.2, 0.25) is 0 Å². The van der Waals surface area contributed by atoms with Gasteiger partial charge in [0.15, 0.2) is 0 Å². The van der Waals surface area contributed by atoms with Crippen LogP contribution in [0.25, 0.3) is 0 Å². The first-order valence-electron chi connectivity index (χ1n) is 23.3. The van der Waals surface area contributed by atoms with Crippen LogP contribution in [0.5, 0.6) is 17.2 Å². The lowest BCUT2D eigenvalue weighted by atomic mass is 9.94. The normalized spacial score (nSPS) is 12.8. The molecule has 0 spiro atoms. The molecule has 4 nitrogen and oxygen atoms in total. The van der Waals surface area contributed by atoms with Crippen LogP contribution >= 0.6 is 0 Å². The van der Waals surface area contributed by atoms with E-state index in [-0.39, 0.29) is 27.3 Å². The van der Waals surface area contributed by atoms with Crippen molar-refractivity contribution in [1.29, 1.82) is 0 Å². The van der Waals surface area contributed by atoms with Gasteiger partial charge in [0.25, 0.3) is 0 Å². The van der Waals surface area contributed by atoms with E-state index in [9.17, 15) is 52.7 Å². The molecule has 0 N–H and O–H groups in total. The van der Waals surface area contributed by atoms with Gasteiger partial charge in [-0.2, -0.15) is 83.0 Å². The van der Waals surface area contributed by atoms with E-state index in [0.717, 1.165) is 111 Å². The van der Waals surface area contributed by atoms with Crippen LogP contribution in [-0.2, 0) is 24.7 Å². The van der Waals surface area contributed by atoms with Gasteiger partial charge in [-0.25, -0.2) is 0 Å². The van der Waals surface area contributed by atoms with E-state index in [1.54, 1.807) is 0 Å². The van der Waals surface area contributed by atoms with Gasteiger partial charge >= 0.3 is 32.0 Å². The molecule has 4 aromatic carbocycles. The second kappa shape index (κ2) is 27.6. The van der Waals surface area contributed by atoms with Gasteiger partial charge in [-0.3, -0.25) is 0 Å². The zero-order chi connectivity index (χ0) is 50.4. The van der Waals surface area contributed by atoms with Crippen molar-refractivity contribution >= 4 is 7.32 Å². The molecule has 0 aliphatic rings. The summed E-state index contributed by atoms with van der Waals surface area (Å²) in [7, 11) is 3.75. The third-order valence-electron chi connectivity index (χ3n) is 11.3. The molecule has 68 heavy (non-hydrogen) atoms. The first kappa shape index (κ1) is 57.8. The number of rotatable bonds is 26. The molecule has 1 atom stereocenters. The molecule has 4 rings (SSSR count). The summed E-state index contributed by atoms with van der Waals surface area (Å²) in [4.78, 5) is 0. The molecule has 0 heterocycles. The summed E-state index contributed by atoms with van der Waals surface area (Å²) >= 11 is 0. The minimum Gasteiger partial charge on any atom is -0.490 e. The van der Waals surface area contributed by atoms with Crippen molar-refractivity contribution in [2.75, 3.05) is 21.1 Å². The van der Waals surface area contributed by atoms with Crippen LogP contribution in [-0.4, -0.2) is 32.9 Å². The van der Waals surface area contributed by atoms with E-state index >= 15 is 0 Å². The van der Waals surface area contributed by atoms with E-state index in [1.165, 1.54) is 89.2 Å². The Morgan fingerprint density at radius 1 is 0.441 bits per heavy atom. The van der Waals surface area contributed by atoms with Gasteiger partial charge in [0.2, 0.25) is 0 Å². The SMILES string of the molecule is CCCCCCCCCCCCCCCCCCCC(c1cc(C(F)(F)F)ccc1OB(Oc1ccc(C(F)(F)F)cc1)Oc1ccc(C(F)(F)F)cc1)[N+](C)(C)C.FC(F)(F)c1cc[c-]cc1. The summed E-state index contributed by atoms with van der Waals surface area (Å²) in [5.41, 5.74) is -3.25. The van der Waals surface area contributed by atoms with Crippen molar-refractivity contribution in [1.82, 2.24) is 0 Å². The third kappa shape index (κ3) is 21.8. The van der Waals surface area contributed by atoms with Gasteiger partial charge in [-0.15, -0.1) is 0 Å². The zero-order valence-electron chi connectivity index (χ0n) is 39.3. The Hall–Kier alpha value is -4.54. The molecule has 4 aromatic rings. The number of hydrogen-bond donors (Lipinski definition) is 0. The van der Waals surface area contributed by atoms with E-state index in [2.05, 4.69) is 13.0 Å². The molecule has 0 aliphatic heterocycles. The summed E-state index contributed by atoms with van der Waals surface area (Å²) < 4.78 is 175. The van der Waals surface area contributed by atoms with Crippen molar-refractivity contribution in [3.63, 3.8) is 0 Å². The van der Waals surface area contributed by atoms with Crippen molar-refractivity contribution in [2.45, 2.75) is 153 Å². The Morgan fingerprint density at radius 3 is 1.12 bits per heavy atom. The van der Waals surface area contributed by atoms with Gasteiger partial charge in [0.1, 0.15) is 23.3 Å². The summed E-state index contributed by atoms with van der Waals surface area (Å²) in [6.45, 7) is 2.23. The van der Waals surface area contributed by atoms with E-state index < -0.39 is 60.3 Å². The van der Waals surface area contributed by atoms with Gasteiger partial charge in [0.05, 0.1) is 43.4 Å². The predicted molar refractivity (Wildman–Crippen MR) is 242 cm³/mol. The molecular weight excluding hydrogens is 913 g/mol. The Balaban J connectivity index is 0.00000108. The highest BCUT2D eigenvalue weighted by Gasteiger charge is 2.39. The van der Waals surface area contributed by atoms with Crippen LogP contribution in [0.15, 0.2) is 91.0 Å². The van der Waals surface area contributed by atoms with Crippen molar-refractivity contribution in [3.8, 4) is 17.2 Å². The van der Waals surface area contributed by atoms with Gasteiger partial charge in [-0.05, 0) is 73.2 Å². The summed E-state index contributed by atoms with van der Waals surface area (Å²) in [6.07, 6.45) is 2.77. The minimum absolute atomic E-state index is 0.0400. The lowest BCUT2D eigenvalue weighted by Crippen LogP contribution is -2.41. The standard InChI is InChI=1S/C44H60BF9NO3.C7H4F3/c1-5-6-7-8-9-10-11-12-13-14-15-16-17-18-19-20-21-22-40(55(2,3)4)39-33-36(44(52,53)54)27-32-41(39)58-45(56-37-28-23-34(24-29-37)42(46,47)48)57-38-30-25-35(26-31-38)43(49,50)51;8-7(9,10)6-4-2-1-3-5-6/h23-33,40H,5-22H2,1-4H3;2-5H/q+1;-1. The maximum Gasteiger partial charge on any atom is 0.864 e. The summed E-state index contributed by atoms with van der Waals surface area (Å²) in [6, 6.07) is 16.5. The predicted octanol–water partition coefficient (Wildman–Crippen LogP) is 17.6. The van der Waals surface area contributed by atoms with Crippen molar-refractivity contribution in [3.05, 3.63) is 125 Å². The van der Waals surface area contributed by atoms with Crippen molar-refractivity contribution < 1.29 is 71.1 Å². The molecule has 0 fully saturated rings. The number of unbranched alkanes of at least 4 members (excludes halogenated alkanes) is 16. The molecule has 0 aliphatic carbocycles. The van der Waals surface area contributed by atoms with Crippen LogP contribution in [0.3, 0.4) is 0 Å². The van der Waals surface area contributed by atoms with Crippen molar-refractivity contribution in [2.24, 2.45) is 0 Å². The molecule has 0 bridgehead atoms. The largest absolute Gasteiger partial charge is 0.864 e. The Kier molecular flexibility index (Phi) is 23.5. The molecule has 0 radical (unpaired) electrons. The number of nitrogens with zero attached hydrogens (tertiary/aromatic N) is 1. The third-order valence-corrected chi connectivity index (χ3v) is 11.3. The molecule has 0 amide bonds. The molecule has 0 saturated carbocycles. The lowest BCUT2D eigenvalue weighted by molar-refractivity contribution is -0.902. The molecular formula is C51H64BF12NO3. The van der Waals surface area contributed by atoms with E-state index in [0.29, 0.717) is 6.42 Å². The summed E-state index contributed by atoms with van der Waals surface area (Å²) in [5.74, 6) is -0.336. The number of quaternary nitrogens is 1. The van der Waals surface area contributed by atoms with Crippen LogP contribution in [0.1, 0.15) is 156 Å². The number of hydrogen-bond acceptors (Lipinski definition) is 3. The van der Waals surface area contributed by atoms with E-state index in [1.807, 2.05) is 21.1 Å². The fraction of sp³-hybridized carbons (Fsp3) is 0.529. The molecule has 17 heteroatoms. The lowest BCUT2D eigenvalue weighted by Gasteiger charge is -2.36. The molecule has 0 aromatic heterocycles. The highest BCUT2D eigenvalue weighted by molar-refractivity contribution is 6.39. The van der Waals surface area contributed by atoms with Crippen LogP contribution in [0, 0.1) is 6.07 Å². The van der Waals surface area contributed by atoms with E-state index in [4.69, 9.17) is 14.0 Å². The number of benzene rings is 4. The fourth-order valence-electron chi connectivity index (χ4n) is 7.53. The number of halogens is 12. The molecule has 1 unspecified atom stereocenters. The van der Waals surface area contributed by atoms with Crippen LogP contribution < -0.4 is 14.0 Å². The monoisotopic (exact) mass is 977 g/mol. The first-order chi connectivity index (χ1) is 31.9. The number of alkyl halides is 12. The fourth-order valence-corrected chi connectivity index (χ4v) is 7.53. The first-order valence-corrected chi connectivity index (χ1v) is 23.3. The molecule has 0 saturated heterocycles. The zero-order valence-corrected chi connectivity index (χ0v) is 39.3. The van der Waals surface area contributed by atoms with Gasteiger partial charge in [-0.1, -0.05) is 115 Å². The quantitative estimate of drug-likeness (QED) is 0.0206. The summed E-state index contributed by atoms with van der Waals surface area (Å²) in [5, 5.41) is 0. The van der Waals surface area contributed by atoms with Gasteiger partial charge in [0, 0.05) is 6.42 Å². The van der Waals surface area contributed by atoms with Crippen LogP contribution in [0.4, 0.5) is 52.7 Å². The minimum atomic E-state index is -4.68. The second-order valence-corrected chi connectivity index (χ2v) is 17.8. The van der Waals surface area contributed by atoms with Gasteiger partial charge < -0.3 is 18.4 Å². The Labute approximate surface area is 394 Å². The molecule has 378 valence electrons. The highest BCUT2D eigenvalue weighted by atomic mass is 19.4. The Bertz CT molecular complexity index is 1920. The smallest absolute Gasteiger partial charge is 0.490 e. The average Bonchev–Trinajstić information content (AvgIpc) is 3.25. The maximum absolute atomic E-state index is 14.1.